The second-order valence-corrected chi connectivity index (χ2v) is 17.4. The number of allylic oxidation sites excluding steroid dienone is 12. The number of phosphoric ester groups is 1. The van der Waals surface area contributed by atoms with Crippen LogP contribution in [0.1, 0.15) is 206 Å². The van der Waals surface area contributed by atoms with Gasteiger partial charge in [-0.2, -0.15) is 0 Å². The van der Waals surface area contributed by atoms with Gasteiger partial charge in [-0.3, -0.25) is 13.8 Å². The molecule has 0 saturated heterocycles. The Kier molecular flexibility index (Phi) is 43.9. The van der Waals surface area contributed by atoms with Crippen LogP contribution in [0.2, 0.25) is 0 Å². The van der Waals surface area contributed by atoms with Gasteiger partial charge in [0.25, 0.3) is 0 Å². The molecule has 3 atom stereocenters. The zero-order chi connectivity index (χ0) is 43.2. The van der Waals surface area contributed by atoms with Crippen LogP contribution in [0, 0.1) is 0 Å². The Morgan fingerprint density at radius 1 is 0.576 bits per heavy atom. The van der Waals surface area contributed by atoms with Gasteiger partial charge in [-0.25, -0.2) is 4.57 Å². The average Bonchev–Trinajstić information content (AvgIpc) is 3.22. The molecule has 0 aromatic heterocycles. The van der Waals surface area contributed by atoms with Crippen molar-refractivity contribution in [3.63, 3.8) is 0 Å². The van der Waals surface area contributed by atoms with Crippen molar-refractivity contribution < 1.29 is 28.4 Å². The molecule has 0 heterocycles. The lowest BCUT2D eigenvalue weighted by atomic mass is 10.0. The van der Waals surface area contributed by atoms with E-state index in [0.29, 0.717) is 19.3 Å². The zero-order valence-corrected chi connectivity index (χ0v) is 38.9. The lowest BCUT2D eigenvalue weighted by molar-refractivity contribution is -0.123. The minimum Gasteiger partial charge on any atom is -0.391 e. The van der Waals surface area contributed by atoms with E-state index in [1.807, 2.05) is 0 Å². The van der Waals surface area contributed by atoms with Crippen LogP contribution in [0.3, 0.4) is 0 Å². The molecule has 0 saturated carbocycles. The smallest absolute Gasteiger partial charge is 0.391 e. The number of aliphatic hydroxyl groups excluding tert-OH is 1. The number of rotatable bonds is 44. The van der Waals surface area contributed by atoms with Gasteiger partial charge in [0.15, 0.2) is 0 Å². The van der Waals surface area contributed by atoms with E-state index >= 15 is 0 Å². The van der Waals surface area contributed by atoms with Crippen LogP contribution in [-0.2, 0) is 18.4 Å². The third-order valence-corrected chi connectivity index (χ3v) is 11.3. The summed E-state index contributed by atoms with van der Waals surface area (Å²) in [6, 6.07) is -0.802. The van der Waals surface area contributed by atoms with Crippen molar-refractivity contribution in [3.8, 4) is 0 Å². The van der Waals surface area contributed by atoms with Crippen LogP contribution in [0.4, 0.5) is 0 Å². The maximum Gasteiger partial charge on any atom is 0.472 e. The van der Waals surface area contributed by atoms with E-state index in [0.717, 1.165) is 70.6 Å². The molecule has 0 spiro atoms. The van der Waals surface area contributed by atoms with Gasteiger partial charge in [-0.1, -0.05) is 209 Å². The zero-order valence-electron chi connectivity index (χ0n) is 38.0. The number of carbonyl (C=O) groups excluding carboxylic acids is 1. The number of hydrogen-bond donors (Lipinski definition) is 4. The van der Waals surface area contributed by atoms with E-state index in [1.165, 1.54) is 103 Å². The van der Waals surface area contributed by atoms with Gasteiger partial charge in [-0.05, 0) is 64.2 Å². The molecule has 9 heteroatoms. The fourth-order valence-electron chi connectivity index (χ4n) is 6.73. The van der Waals surface area contributed by atoms with Gasteiger partial charge in [0.05, 0.1) is 25.4 Å². The van der Waals surface area contributed by atoms with Crippen LogP contribution in [0.5, 0.6) is 0 Å². The van der Waals surface area contributed by atoms with Gasteiger partial charge in [-0.15, -0.1) is 0 Å². The number of aliphatic hydroxyl groups is 1. The van der Waals surface area contributed by atoms with Crippen LogP contribution in [0.15, 0.2) is 72.9 Å². The van der Waals surface area contributed by atoms with E-state index in [2.05, 4.69) is 92.1 Å². The van der Waals surface area contributed by atoms with E-state index in [-0.39, 0.29) is 25.7 Å². The van der Waals surface area contributed by atoms with Crippen molar-refractivity contribution in [2.45, 2.75) is 219 Å². The minimum absolute atomic E-state index is 0.0780. The van der Waals surface area contributed by atoms with Crippen molar-refractivity contribution >= 4 is 13.7 Å². The molecule has 0 radical (unpaired) electrons. The molecule has 0 aliphatic rings. The van der Waals surface area contributed by atoms with Crippen LogP contribution >= 0.6 is 7.82 Å². The summed E-state index contributed by atoms with van der Waals surface area (Å²) < 4.78 is 22.2. The number of amides is 1. The molecule has 5 N–H and O–H groups in total. The fourth-order valence-corrected chi connectivity index (χ4v) is 7.49. The second-order valence-electron chi connectivity index (χ2n) is 15.9. The summed E-state index contributed by atoms with van der Waals surface area (Å²) in [6.07, 6.45) is 59.2. The summed E-state index contributed by atoms with van der Waals surface area (Å²) in [5, 5.41) is 13.8. The van der Waals surface area contributed by atoms with Crippen molar-refractivity contribution in [3.05, 3.63) is 72.9 Å². The Labute approximate surface area is 363 Å². The molecule has 0 rings (SSSR count). The summed E-state index contributed by atoms with van der Waals surface area (Å²) in [4.78, 5) is 22.8. The lowest BCUT2D eigenvalue weighted by Crippen LogP contribution is -2.46. The van der Waals surface area contributed by atoms with Gasteiger partial charge in [0, 0.05) is 13.0 Å². The highest BCUT2D eigenvalue weighted by molar-refractivity contribution is 7.47. The van der Waals surface area contributed by atoms with E-state index < -0.39 is 20.0 Å². The van der Waals surface area contributed by atoms with E-state index in [9.17, 15) is 19.4 Å². The Hall–Kier alpha value is -2.06. The Balaban J connectivity index is 4.21. The van der Waals surface area contributed by atoms with Crippen molar-refractivity contribution in [1.29, 1.82) is 0 Å². The van der Waals surface area contributed by atoms with Gasteiger partial charge in [0.2, 0.25) is 5.91 Å². The molecule has 0 aromatic rings. The standard InChI is InChI=1S/C50H91N2O6P/c1-3-5-7-9-11-13-15-17-19-21-23-24-26-28-30-32-34-36-38-40-42-44-50(54)52-48(47-58-59(55,56)57-46-45-51)49(53)43-41-39-37-35-33-31-29-27-25-22-20-18-16-14-12-10-8-6-4-2/h5,7,11,13,17,19,23-24,28,30,34,36,48-49,53H,3-4,6,8-10,12,14-16,18,20-22,25-27,29,31-33,35,37-47,51H2,1-2H3,(H,52,54)(H,55,56)/b7-5-,13-11-,19-17-,24-23-,30-28-,36-34-. The van der Waals surface area contributed by atoms with Gasteiger partial charge < -0.3 is 21.1 Å². The molecule has 0 bridgehead atoms. The maximum absolute atomic E-state index is 12.8. The van der Waals surface area contributed by atoms with Crippen molar-refractivity contribution in [2.24, 2.45) is 5.73 Å². The average molecular weight is 847 g/mol. The molecule has 8 nitrogen and oxygen atoms in total. The minimum atomic E-state index is -4.34. The first kappa shape index (κ1) is 56.9. The number of phosphoric acid groups is 1. The molecule has 3 unspecified atom stereocenters. The Morgan fingerprint density at radius 3 is 1.41 bits per heavy atom. The maximum atomic E-state index is 12.8. The molecule has 0 fully saturated rings. The van der Waals surface area contributed by atoms with Crippen molar-refractivity contribution in [1.82, 2.24) is 5.32 Å². The molecule has 0 aliphatic heterocycles. The van der Waals surface area contributed by atoms with Gasteiger partial charge in [0.1, 0.15) is 0 Å². The first-order valence-corrected chi connectivity index (χ1v) is 25.5. The first-order valence-electron chi connectivity index (χ1n) is 24.1. The molecular formula is C50H91N2O6P. The number of hydrogen-bond acceptors (Lipinski definition) is 6. The highest BCUT2D eigenvalue weighted by atomic mass is 31.2. The quantitative estimate of drug-likeness (QED) is 0.0273. The lowest BCUT2D eigenvalue weighted by Gasteiger charge is -2.25. The summed E-state index contributed by atoms with van der Waals surface area (Å²) in [5.41, 5.74) is 5.39. The monoisotopic (exact) mass is 847 g/mol. The molecule has 1 amide bonds. The third kappa shape index (κ3) is 43.8. The summed E-state index contributed by atoms with van der Waals surface area (Å²) in [7, 11) is -4.34. The van der Waals surface area contributed by atoms with E-state index in [4.69, 9.17) is 14.8 Å². The predicted octanol–water partition coefficient (Wildman–Crippen LogP) is 14.0. The normalized spacial score (nSPS) is 14.6. The van der Waals surface area contributed by atoms with Crippen molar-refractivity contribution in [2.75, 3.05) is 19.8 Å². The predicted molar refractivity (Wildman–Crippen MR) is 253 cm³/mol. The van der Waals surface area contributed by atoms with Crippen LogP contribution < -0.4 is 11.1 Å². The Bertz CT molecular complexity index is 1150. The van der Waals surface area contributed by atoms with Gasteiger partial charge >= 0.3 is 7.82 Å². The molecule has 0 aromatic carbocycles. The molecule has 59 heavy (non-hydrogen) atoms. The molecular weight excluding hydrogens is 756 g/mol. The number of nitrogens with two attached hydrogens (primary N) is 1. The summed E-state index contributed by atoms with van der Waals surface area (Å²) in [5.74, 6) is -0.204. The second kappa shape index (κ2) is 45.5. The third-order valence-electron chi connectivity index (χ3n) is 10.3. The number of nitrogens with one attached hydrogen (secondary N) is 1. The van der Waals surface area contributed by atoms with E-state index in [1.54, 1.807) is 0 Å². The fraction of sp³-hybridized carbons (Fsp3) is 0.740. The number of carbonyl (C=O) groups is 1. The first-order chi connectivity index (χ1) is 28.9. The SMILES string of the molecule is CC/C=C\C/C=C\C/C=C\C/C=C\C/C=C\C/C=C\CCCCC(=O)NC(COP(=O)(O)OCCN)C(O)CCCCCCCCCCCCCCCCCCCCC. The topological polar surface area (TPSA) is 131 Å². The summed E-state index contributed by atoms with van der Waals surface area (Å²) >= 11 is 0. The van der Waals surface area contributed by atoms with Crippen LogP contribution in [-0.4, -0.2) is 47.8 Å². The Morgan fingerprint density at radius 2 is 0.983 bits per heavy atom. The highest BCUT2D eigenvalue weighted by Gasteiger charge is 2.27. The van der Waals surface area contributed by atoms with Crippen LogP contribution in [0.25, 0.3) is 0 Å². The molecule has 0 aliphatic carbocycles. The number of unbranched alkanes of at least 4 members (excludes halogenated alkanes) is 20. The highest BCUT2D eigenvalue weighted by Crippen LogP contribution is 2.43. The summed E-state index contributed by atoms with van der Waals surface area (Å²) in [6.45, 7) is 4.07. The largest absolute Gasteiger partial charge is 0.472 e. The molecule has 342 valence electrons.